The molecular weight excluding hydrogens is 346 g/mol. The Morgan fingerprint density at radius 1 is 1.15 bits per heavy atom. The molecule has 2 aromatic carbocycles. The van der Waals surface area contributed by atoms with Crippen LogP contribution in [0, 0.1) is 13.8 Å². The van der Waals surface area contributed by atoms with E-state index in [1.54, 1.807) is 26.2 Å². The van der Waals surface area contributed by atoms with Crippen molar-refractivity contribution in [2.45, 2.75) is 20.0 Å². The standard InChI is InChI=1S/C21H23NO5/c1-13-14(2)21(24)27-20-10-16(8-9-17(13)20)26-12-15(23)11-22-18-6-4-5-7-19(18)25-3/h4-10,15,22-23H,11-12H2,1-3H3/t15-/m0/s1. The highest BCUT2D eigenvalue weighted by Gasteiger charge is 2.11. The zero-order chi connectivity index (χ0) is 19.4. The third-order valence-corrected chi connectivity index (χ3v) is 4.51. The molecule has 0 aliphatic rings. The first-order chi connectivity index (χ1) is 13.0. The van der Waals surface area contributed by atoms with E-state index in [-0.39, 0.29) is 12.2 Å². The molecule has 0 aliphatic heterocycles. The number of methoxy groups -OCH3 is 1. The van der Waals surface area contributed by atoms with Gasteiger partial charge in [0.05, 0.1) is 12.8 Å². The molecule has 0 saturated heterocycles. The summed E-state index contributed by atoms with van der Waals surface area (Å²) < 4.78 is 16.2. The van der Waals surface area contributed by atoms with Crippen LogP contribution in [0.3, 0.4) is 0 Å². The van der Waals surface area contributed by atoms with Crippen LogP contribution in [-0.2, 0) is 0 Å². The molecule has 6 nitrogen and oxygen atoms in total. The zero-order valence-corrected chi connectivity index (χ0v) is 15.6. The van der Waals surface area contributed by atoms with Crippen molar-refractivity contribution in [3.8, 4) is 11.5 Å². The van der Waals surface area contributed by atoms with Crippen LogP contribution in [0.1, 0.15) is 11.1 Å². The van der Waals surface area contributed by atoms with Gasteiger partial charge in [0.25, 0.3) is 0 Å². The molecule has 0 amide bonds. The summed E-state index contributed by atoms with van der Waals surface area (Å²) in [5, 5.41) is 14.2. The molecule has 0 spiro atoms. The second-order valence-electron chi connectivity index (χ2n) is 6.34. The average molecular weight is 369 g/mol. The molecule has 27 heavy (non-hydrogen) atoms. The number of aliphatic hydroxyl groups is 1. The number of aryl methyl sites for hydroxylation is 1. The van der Waals surface area contributed by atoms with Gasteiger partial charge in [0.15, 0.2) is 0 Å². The Morgan fingerprint density at radius 3 is 2.70 bits per heavy atom. The molecule has 1 aromatic heterocycles. The first kappa shape index (κ1) is 18.8. The van der Waals surface area contributed by atoms with Gasteiger partial charge in [0.1, 0.15) is 29.8 Å². The second kappa shape index (κ2) is 8.14. The molecule has 1 atom stereocenters. The molecule has 0 saturated carbocycles. The third kappa shape index (κ3) is 4.23. The van der Waals surface area contributed by atoms with Crippen LogP contribution in [0.15, 0.2) is 51.7 Å². The lowest BCUT2D eigenvalue weighted by molar-refractivity contribution is 0.117. The van der Waals surface area contributed by atoms with E-state index in [0.717, 1.165) is 16.6 Å². The molecular formula is C21H23NO5. The van der Waals surface area contributed by atoms with E-state index in [4.69, 9.17) is 13.9 Å². The highest BCUT2D eigenvalue weighted by atomic mass is 16.5. The van der Waals surface area contributed by atoms with E-state index in [0.29, 0.717) is 29.2 Å². The maximum atomic E-state index is 11.8. The van der Waals surface area contributed by atoms with E-state index in [1.807, 2.05) is 37.3 Å². The van der Waals surface area contributed by atoms with Crippen LogP contribution in [0.25, 0.3) is 11.0 Å². The summed E-state index contributed by atoms with van der Waals surface area (Å²) in [6.07, 6.45) is -0.725. The maximum Gasteiger partial charge on any atom is 0.339 e. The monoisotopic (exact) mass is 369 g/mol. The fourth-order valence-electron chi connectivity index (χ4n) is 2.79. The summed E-state index contributed by atoms with van der Waals surface area (Å²) in [4.78, 5) is 11.8. The number of nitrogens with one attached hydrogen (secondary N) is 1. The van der Waals surface area contributed by atoms with Gasteiger partial charge in [0.2, 0.25) is 0 Å². The number of fused-ring (bicyclic) bond motifs is 1. The summed E-state index contributed by atoms with van der Waals surface area (Å²) >= 11 is 0. The topological polar surface area (TPSA) is 80.9 Å². The molecule has 0 radical (unpaired) electrons. The van der Waals surface area contributed by atoms with Crippen LogP contribution in [0.5, 0.6) is 11.5 Å². The minimum atomic E-state index is -0.725. The number of benzene rings is 2. The van der Waals surface area contributed by atoms with Crippen molar-refractivity contribution >= 4 is 16.7 Å². The smallest absolute Gasteiger partial charge is 0.339 e. The van der Waals surface area contributed by atoms with E-state index >= 15 is 0 Å². The number of rotatable bonds is 7. The van der Waals surface area contributed by atoms with Gasteiger partial charge in [-0.05, 0) is 43.7 Å². The van der Waals surface area contributed by atoms with Gasteiger partial charge in [-0.2, -0.15) is 0 Å². The minimum absolute atomic E-state index is 0.0999. The van der Waals surface area contributed by atoms with Crippen LogP contribution >= 0.6 is 0 Å². The number of aliphatic hydroxyl groups excluding tert-OH is 1. The van der Waals surface area contributed by atoms with E-state index in [2.05, 4.69) is 5.32 Å². The van der Waals surface area contributed by atoms with Crippen molar-refractivity contribution in [1.29, 1.82) is 0 Å². The van der Waals surface area contributed by atoms with Crippen molar-refractivity contribution in [3.05, 3.63) is 64.0 Å². The van der Waals surface area contributed by atoms with E-state index in [1.165, 1.54) is 0 Å². The first-order valence-corrected chi connectivity index (χ1v) is 8.71. The summed E-state index contributed by atoms with van der Waals surface area (Å²) in [5.41, 5.74) is 2.43. The van der Waals surface area contributed by atoms with Gasteiger partial charge in [-0.1, -0.05) is 12.1 Å². The number of hydrogen-bond acceptors (Lipinski definition) is 6. The first-order valence-electron chi connectivity index (χ1n) is 8.71. The molecule has 3 aromatic rings. The normalized spacial score (nSPS) is 12.0. The van der Waals surface area contributed by atoms with Gasteiger partial charge in [-0.15, -0.1) is 0 Å². The molecule has 142 valence electrons. The van der Waals surface area contributed by atoms with Crippen molar-refractivity contribution < 1.29 is 19.0 Å². The molecule has 0 aliphatic carbocycles. The Hall–Kier alpha value is -2.99. The van der Waals surface area contributed by atoms with Crippen molar-refractivity contribution in [2.75, 3.05) is 25.6 Å². The maximum absolute atomic E-state index is 11.8. The molecule has 2 N–H and O–H groups in total. The number of anilines is 1. The van der Waals surface area contributed by atoms with Crippen molar-refractivity contribution in [2.24, 2.45) is 0 Å². The Kier molecular flexibility index (Phi) is 5.66. The van der Waals surface area contributed by atoms with Gasteiger partial charge < -0.3 is 24.3 Å². The summed E-state index contributed by atoms with van der Waals surface area (Å²) in [5.74, 6) is 1.24. The summed E-state index contributed by atoms with van der Waals surface area (Å²) in [6, 6.07) is 12.8. The van der Waals surface area contributed by atoms with Gasteiger partial charge >= 0.3 is 5.63 Å². The SMILES string of the molecule is COc1ccccc1NC[C@H](O)COc1ccc2c(C)c(C)c(=O)oc2c1. The number of ether oxygens (including phenoxy) is 2. The van der Waals surface area contributed by atoms with Crippen LogP contribution in [0.4, 0.5) is 5.69 Å². The molecule has 0 fully saturated rings. The van der Waals surface area contributed by atoms with Gasteiger partial charge in [-0.3, -0.25) is 0 Å². The zero-order valence-electron chi connectivity index (χ0n) is 15.6. The Labute approximate surface area is 157 Å². The number of para-hydroxylation sites is 2. The minimum Gasteiger partial charge on any atom is -0.495 e. The Balaban J connectivity index is 1.62. The lowest BCUT2D eigenvalue weighted by Crippen LogP contribution is -2.26. The largest absolute Gasteiger partial charge is 0.495 e. The summed E-state index contributed by atoms with van der Waals surface area (Å²) in [7, 11) is 1.60. The molecule has 0 bridgehead atoms. The van der Waals surface area contributed by atoms with E-state index in [9.17, 15) is 9.90 Å². The average Bonchev–Trinajstić information content (AvgIpc) is 2.69. The predicted molar refractivity (Wildman–Crippen MR) is 105 cm³/mol. The fraction of sp³-hybridized carbons (Fsp3) is 0.286. The van der Waals surface area contributed by atoms with Crippen molar-refractivity contribution in [3.63, 3.8) is 0 Å². The molecule has 6 heteroatoms. The third-order valence-electron chi connectivity index (χ3n) is 4.51. The Bertz CT molecular complexity index is 996. The lowest BCUT2D eigenvalue weighted by Gasteiger charge is -2.16. The molecule has 3 rings (SSSR count). The highest BCUT2D eigenvalue weighted by Crippen LogP contribution is 2.24. The van der Waals surface area contributed by atoms with E-state index < -0.39 is 6.10 Å². The number of hydrogen-bond donors (Lipinski definition) is 2. The van der Waals surface area contributed by atoms with Gasteiger partial charge in [-0.25, -0.2) is 4.79 Å². The highest BCUT2D eigenvalue weighted by molar-refractivity contribution is 5.82. The van der Waals surface area contributed by atoms with Crippen LogP contribution in [-0.4, -0.2) is 31.5 Å². The summed E-state index contributed by atoms with van der Waals surface area (Å²) in [6.45, 7) is 4.04. The van der Waals surface area contributed by atoms with Crippen molar-refractivity contribution in [1.82, 2.24) is 0 Å². The predicted octanol–water partition coefficient (Wildman–Crippen LogP) is 3.27. The second-order valence-corrected chi connectivity index (χ2v) is 6.34. The van der Waals surface area contributed by atoms with Crippen LogP contribution < -0.4 is 20.4 Å². The fourth-order valence-corrected chi connectivity index (χ4v) is 2.79. The van der Waals surface area contributed by atoms with Gasteiger partial charge in [0, 0.05) is 23.6 Å². The molecule has 1 heterocycles. The molecule has 0 unspecified atom stereocenters. The van der Waals surface area contributed by atoms with Crippen LogP contribution in [0.2, 0.25) is 0 Å². The quantitative estimate of drug-likeness (QED) is 0.622. The Morgan fingerprint density at radius 2 is 1.93 bits per heavy atom. The lowest BCUT2D eigenvalue weighted by atomic mass is 10.1.